The molecule has 0 saturated heterocycles. The first kappa shape index (κ1) is 26.4. The molecule has 0 aliphatic rings. The summed E-state index contributed by atoms with van der Waals surface area (Å²) in [4.78, 5) is 28.2. The molecule has 9 nitrogen and oxygen atoms in total. The van der Waals surface area contributed by atoms with Crippen LogP contribution < -0.4 is 14.4 Å². The second kappa shape index (κ2) is 11.0. The molecule has 35 heavy (non-hydrogen) atoms. The Balaban J connectivity index is 1.90. The summed E-state index contributed by atoms with van der Waals surface area (Å²) in [6, 6.07) is 8.10. The number of rotatable bonds is 9. The maximum absolute atomic E-state index is 14.3. The number of aromatic nitrogens is 1. The summed E-state index contributed by atoms with van der Waals surface area (Å²) in [6.45, 7) is 3.70. The molecule has 0 aliphatic heterocycles. The third-order valence-corrected chi connectivity index (χ3v) is 7.78. The topological polar surface area (TPSA) is 115 Å². The van der Waals surface area contributed by atoms with E-state index in [-0.39, 0.29) is 50.1 Å². The van der Waals surface area contributed by atoms with Gasteiger partial charge in [0.2, 0.25) is 5.88 Å². The third-order valence-electron chi connectivity index (χ3n) is 4.58. The number of pyridine rings is 1. The number of hydrogen-bond acceptors (Lipinski definition) is 8. The Kier molecular flexibility index (Phi) is 8.30. The molecule has 1 aromatic carbocycles. The molecule has 1 N–H and O–H groups in total. The van der Waals surface area contributed by atoms with Crippen molar-refractivity contribution in [3.63, 3.8) is 0 Å². The number of sulfonamides is 1. The molecule has 0 atom stereocenters. The van der Waals surface area contributed by atoms with Gasteiger partial charge in [-0.05, 0) is 38.1 Å². The standard InChI is InChI=1S/C22H21ClFN3O6S2/c1-4-32-21-16(24)10-15(12-25-21)27(3)35(30,31)17-11-18(23)34-19(17)20(28)26-14-8-6-7-13(9-14)22(29)33-5-2/h6-12H,4-5H2,1-3H3,(H,26,28). The molecule has 1 amide bonds. The maximum atomic E-state index is 14.3. The monoisotopic (exact) mass is 541 g/mol. The first-order valence-electron chi connectivity index (χ1n) is 10.2. The summed E-state index contributed by atoms with van der Waals surface area (Å²) in [5.74, 6) is -2.42. The number of thiophene rings is 1. The molecule has 0 unspecified atom stereocenters. The molecule has 0 spiro atoms. The fourth-order valence-electron chi connectivity index (χ4n) is 2.94. The van der Waals surface area contributed by atoms with Crippen molar-refractivity contribution in [2.24, 2.45) is 0 Å². The quantitative estimate of drug-likeness (QED) is 0.394. The lowest BCUT2D eigenvalue weighted by Gasteiger charge is -2.19. The number of esters is 1. The van der Waals surface area contributed by atoms with Crippen LogP contribution in [0.1, 0.15) is 33.9 Å². The van der Waals surface area contributed by atoms with Crippen LogP contribution >= 0.6 is 22.9 Å². The van der Waals surface area contributed by atoms with Crippen molar-refractivity contribution in [2.75, 3.05) is 29.9 Å². The molecule has 0 radical (unpaired) electrons. The minimum atomic E-state index is -4.33. The summed E-state index contributed by atoms with van der Waals surface area (Å²) in [6.07, 6.45) is 1.14. The Morgan fingerprint density at radius 1 is 1.20 bits per heavy atom. The van der Waals surface area contributed by atoms with Gasteiger partial charge in [-0.1, -0.05) is 17.7 Å². The van der Waals surface area contributed by atoms with E-state index >= 15 is 0 Å². The van der Waals surface area contributed by atoms with Crippen LogP contribution in [0.4, 0.5) is 15.8 Å². The predicted molar refractivity (Wildman–Crippen MR) is 131 cm³/mol. The second-order valence-corrected chi connectivity index (χ2v) is 10.5. The number of halogens is 2. The van der Waals surface area contributed by atoms with Gasteiger partial charge < -0.3 is 14.8 Å². The van der Waals surface area contributed by atoms with Crippen molar-refractivity contribution in [3.8, 4) is 5.88 Å². The summed E-state index contributed by atoms with van der Waals surface area (Å²) < 4.78 is 51.7. The van der Waals surface area contributed by atoms with Crippen LogP contribution in [0, 0.1) is 5.82 Å². The number of nitrogens with one attached hydrogen (secondary N) is 1. The number of hydrogen-bond donors (Lipinski definition) is 1. The van der Waals surface area contributed by atoms with Crippen LogP contribution in [-0.4, -0.2) is 45.5 Å². The number of carbonyl (C=O) groups is 2. The highest BCUT2D eigenvalue weighted by Crippen LogP contribution is 2.34. The van der Waals surface area contributed by atoms with Gasteiger partial charge in [0.1, 0.15) is 9.77 Å². The highest BCUT2D eigenvalue weighted by molar-refractivity contribution is 7.93. The second-order valence-electron chi connectivity index (χ2n) is 6.89. The van der Waals surface area contributed by atoms with Gasteiger partial charge in [0, 0.05) is 18.8 Å². The number of nitrogens with zero attached hydrogens (tertiary/aromatic N) is 2. The van der Waals surface area contributed by atoms with Gasteiger partial charge in [-0.2, -0.15) is 0 Å². The molecular weight excluding hydrogens is 521 g/mol. The molecule has 186 valence electrons. The molecule has 0 bridgehead atoms. The van der Waals surface area contributed by atoms with E-state index in [1.165, 1.54) is 25.2 Å². The Bertz CT molecular complexity index is 1360. The number of ether oxygens (including phenoxy) is 2. The van der Waals surface area contributed by atoms with Gasteiger partial charge in [-0.3, -0.25) is 9.10 Å². The Hall–Kier alpha value is -3.22. The normalized spacial score (nSPS) is 11.1. The van der Waals surface area contributed by atoms with Gasteiger partial charge in [0.25, 0.3) is 15.9 Å². The van der Waals surface area contributed by atoms with Crippen LogP contribution in [0.15, 0.2) is 47.5 Å². The van der Waals surface area contributed by atoms with Crippen molar-refractivity contribution < 1.29 is 31.9 Å². The average molecular weight is 542 g/mol. The van der Waals surface area contributed by atoms with E-state index in [9.17, 15) is 22.4 Å². The molecule has 0 fully saturated rings. The molecule has 0 aliphatic carbocycles. The van der Waals surface area contributed by atoms with Gasteiger partial charge in [0.15, 0.2) is 5.82 Å². The Morgan fingerprint density at radius 3 is 2.60 bits per heavy atom. The van der Waals surface area contributed by atoms with Crippen LogP contribution in [0.5, 0.6) is 5.88 Å². The van der Waals surface area contributed by atoms with Crippen LogP contribution in [0.3, 0.4) is 0 Å². The van der Waals surface area contributed by atoms with Crippen molar-refractivity contribution in [3.05, 3.63) is 63.2 Å². The molecule has 3 rings (SSSR count). The number of carbonyl (C=O) groups excluding carboxylic acids is 2. The largest absolute Gasteiger partial charge is 0.476 e. The number of benzene rings is 1. The smallest absolute Gasteiger partial charge is 0.338 e. The minimum absolute atomic E-state index is 0.0541. The van der Waals surface area contributed by atoms with E-state index in [0.717, 1.165) is 34.0 Å². The summed E-state index contributed by atoms with van der Waals surface area (Å²) in [5, 5.41) is 2.56. The Morgan fingerprint density at radius 2 is 1.94 bits per heavy atom. The molecule has 3 aromatic rings. The van der Waals surface area contributed by atoms with Crippen LogP contribution in [0.2, 0.25) is 4.34 Å². The summed E-state index contributed by atoms with van der Waals surface area (Å²) in [5.41, 5.74) is 0.382. The summed E-state index contributed by atoms with van der Waals surface area (Å²) >= 11 is 6.82. The fraction of sp³-hybridized carbons (Fsp3) is 0.227. The highest BCUT2D eigenvalue weighted by atomic mass is 35.5. The lowest BCUT2D eigenvalue weighted by atomic mass is 10.2. The van der Waals surface area contributed by atoms with Gasteiger partial charge in [-0.25, -0.2) is 22.6 Å². The third kappa shape index (κ3) is 5.89. The lowest BCUT2D eigenvalue weighted by molar-refractivity contribution is 0.0526. The van der Waals surface area contributed by atoms with Crippen molar-refractivity contribution >= 4 is 56.2 Å². The molecule has 13 heteroatoms. The van der Waals surface area contributed by atoms with Crippen molar-refractivity contribution in [1.29, 1.82) is 0 Å². The van der Waals surface area contributed by atoms with E-state index in [1.807, 2.05) is 0 Å². The van der Waals surface area contributed by atoms with Crippen LogP contribution in [0.25, 0.3) is 0 Å². The number of amides is 1. The van der Waals surface area contributed by atoms with E-state index in [4.69, 9.17) is 21.1 Å². The molecule has 2 aromatic heterocycles. The van der Waals surface area contributed by atoms with E-state index in [0.29, 0.717) is 0 Å². The number of anilines is 2. The zero-order valence-electron chi connectivity index (χ0n) is 18.9. The SMILES string of the molecule is CCOC(=O)c1cccc(NC(=O)c2sc(Cl)cc2S(=O)(=O)N(C)c2cnc(OCC)c(F)c2)c1. The van der Waals surface area contributed by atoms with Gasteiger partial charge in [-0.15, -0.1) is 11.3 Å². The highest BCUT2D eigenvalue weighted by Gasteiger charge is 2.30. The summed E-state index contributed by atoms with van der Waals surface area (Å²) in [7, 11) is -3.14. The zero-order valence-corrected chi connectivity index (χ0v) is 21.3. The Labute approximate surface area is 210 Å². The van der Waals surface area contributed by atoms with E-state index in [2.05, 4.69) is 10.3 Å². The zero-order chi connectivity index (χ0) is 25.8. The first-order valence-corrected chi connectivity index (χ1v) is 12.9. The van der Waals surface area contributed by atoms with Crippen LogP contribution in [-0.2, 0) is 14.8 Å². The van der Waals surface area contributed by atoms with Gasteiger partial charge >= 0.3 is 5.97 Å². The van der Waals surface area contributed by atoms with Crippen molar-refractivity contribution in [2.45, 2.75) is 18.7 Å². The molecular formula is C22H21ClFN3O6S2. The van der Waals surface area contributed by atoms with Gasteiger partial charge in [0.05, 0.1) is 35.0 Å². The predicted octanol–water partition coefficient (Wildman–Crippen LogP) is 4.59. The van der Waals surface area contributed by atoms with E-state index in [1.54, 1.807) is 19.9 Å². The van der Waals surface area contributed by atoms with Crippen molar-refractivity contribution in [1.82, 2.24) is 4.98 Å². The minimum Gasteiger partial charge on any atom is -0.476 e. The molecule has 0 saturated carbocycles. The first-order chi connectivity index (χ1) is 16.6. The maximum Gasteiger partial charge on any atom is 0.338 e. The lowest BCUT2D eigenvalue weighted by Crippen LogP contribution is -2.28. The fourth-order valence-corrected chi connectivity index (χ4v) is 5.80. The molecule has 2 heterocycles. The average Bonchev–Trinajstić information content (AvgIpc) is 3.23. The van der Waals surface area contributed by atoms with E-state index < -0.39 is 27.7 Å².